The number of nitrogens with zero attached hydrogens (tertiary/aromatic N) is 4. The minimum Gasteiger partial charge on any atom is -0.449 e. The van der Waals surface area contributed by atoms with Crippen molar-refractivity contribution >= 4 is 17.8 Å². The van der Waals surface area contributed by atoms with E-state index in [1.807, 2.05) is 0 Å². The summed E-state index contributed by atoms with van der Waals surface area (Å²) in [5.74, 6) is -2.26. The molecule has 14 heteroatoms. The van der Waals surface area contributed by atoms with Crippen LogP contribution in [0.2, 0.25) is 0 Å². The number of hydrogen-bond acceptors (Lipinski definition) is 11. The van der Waals surface area contributed by atoms with Crippen molar-refractivity contribution in [2.45, 2.75) is 59.1 Å². The number of ether oxygens (including phenoxy) is 3. The molecule has 0 unspecified atom stereocenters. The number of carbonyl (C=O) groups excluding carboxylic acids is 3. The molecule has 2 aromatic heterocycles. The van der Waals surface area contributed by atoms with Crippen LogP contribution in [-0.4, -0.2) is 50.5 Å². The standard InChI is InChI=1S/C26H30FN5O8/c1-14(2)39-25(36)38-13-37-20-19(18(33)12-9-16-7-10-17(27)11-8-16)28-24(32(6)23(20)35)26(4,5)29-21(34)22-31-30-15(3)40-22/h7-8,10-11,14H,9,12-13H2,1-6H3,(H,29,34). The van der Waals surface area contributed by atoms with Crippen LogP contribution in [0.1, 0.15) is 72.6 Å². The van der Waals surface area contributed by atoms with E-state index in [-0.39, 0.29) is 36.1 Å². The van der Waals surface area contributed by atoms with E-state index in [1.165, 1.54) is 38.2 Å². The molecule has 13 nitrogen and oxygen atoms in total. The predicted molar refractivity (Wildman–Crippen MR) is 136 cm³/mol. The van der Waals surface area contributed by atoms with Crippen LogP contribution in [0.25, 0.3) is 0 Å². The number of benzene rings is 1. The van der Waals surface area contributed by atoms with Crippen molar-refractivity contribution < 1.29 is 37.4 Å². The van der Waals surface area contributed by atoms with Crippen LogP contribution in [0.4, 0.5) is 9.18 Å². The van der Waals surface area contributed by atoms with Crippen LogP contribution in [0, 0.1) is 12.7 Å². The van der Waals surface area contributed by atoms with E-state index in [9.17, 15) is 23.6 Å². The van der Waals surface area contributed by atoms with E-state index in [0.717, 1.165) is 4.57 Å². The molecular weight excluding hydrogens is 529 g/mol. The van der Waals surface area contributed by atoms with Gasteiger partial charge in [-0.15, -0.1) is 10.2 Å². The highest BCUT2D eigenvalue weighted by atomic mass is 19.1. The van der Waals surface area contributed by atoms with E-state index in [1.54, 1.807) is 27.7 Å². The Kier molecular flexibility index (Phi) is 9.35. The average Bonchev–Trinajstić information content (AvgIpc) is 3.31. The molecule has 1 aromatic carbocycles. The maximum absolute atomic E-state index is 13.4. The molecule has 0 fully saturated rings. The maximum atomic E-state index is 13.4. The number of carbonyl (C=O) groups is 3. The average molecular weight is 560 g/mol. The lowest BCUT2D eigenvalue weighted by Crippen LogP contribution is -2.46. The molecule has 0 aliphatic heterocycles. The van der Waals surface area contributed by atoms with Crippen molar-refractivity contribution in [2.75, 3.05) is 6.79 Å². The number of Topliss-reactive ketones (excluding diaryl/α,β-unsaturated/α-hetero) is 1. The van der Waals surface area contributed by atoms with Gasteiger partial charge in [-0.2, -0.15) is 0 Å². The van der Waals surface area contributed by atoms with Gasteiger partial charge in [0.15, 0.2) is 11.5 Å². The molecule has 0 aliphatic rings. The van der Waals surface area contributed by atoms with Gasteiger partial charge in [-0.3, -0.25) is 19.0 Å². The number of aryl methyl sites for hydroxylation is 2. The molecule has 0 saturated heterocycles. The summed E-state index contributed by atoms with van der Waals surface area (Å²) in [5.41, 5.74) is -1.73. The first-order valence-corrected chi connectivity index (χ1v) is 12.3. The van der Waals surface area contributed by atoms with Gasteiger partial charge in [0.2, 0.25) is 18.4 Å². The van der Waals surface area contributed by atoms with Crippen molar-refractivity contribution in [3.63, 3.8) is 0 Å². The zero-order valence-corrected chi connectivity index (χ0v) is 22.9. The van der Waals surface area contributed by atoms with E-state index in [2.05, 4.69) is 20.5 Å². The van der Waals surface area contributed by atoms with Gasteiger partial charge < -0.3 is 23.9 Å². The molecule has 0 atom stereocenters. The van der Waals surface area contributed by atoms with Crippen molar-refractivity contribution in [1.82, 2.24) is 25.1 Å². The van der Waals surface area contributed by atoms with Crippen molar-refractivity contribution in [2.24, 2.45) is 7.05 Å². The first-order valence-electron chi connectivity index (χ1n) is 12.3. The fourth-order valence-corrected chi connectivity index (χ4v) is 3.63. The van der Waals surface area contributed by atoms with Crippen LogP contribution in [0.5, 0.6) is 5.75 Å². The molecule has 0 saturated carbocycles. The number of halogens is 1. The Bertz CT molecular complexity index is 1450. The highest BCUT2D eigenvalue weighted by Crippen LogP contribution is 2.23. The Hall–Kier alpha value is -4.62. The first kappa shape index (κ1) is 29.9. The van der Waals surface area contributed by atoms with Crippen LogP contribution >= 0.6 is 0 Å². The Labute approximate surface area is 228 Å². The first-order chi connectivity index (χ1) is 18.8. The second-order valence-electron chi connectivity index (χ2n) is 9.56. The summed E-state index contributed by atoms with van der Waals surface area (Å²) < 4.78 is 34.6. The summed E-state index contributed by atoms with van der Waals surface area (Å²) in [4.78, 5) is 55.5. The topological polar surface area (TPSA) is 165 Å². The smallest absolute Gasteiger partial charge is 0.449 e. The molecule has 214 valence electrons. The molecule has 0 radical (unpaired) electrons. The van der Waals surface area contributed by atoms with E-state index in [4.69, 9.17) is 18.6 Å². The quantitative estimate of drug-likeness (QED) is 0.209. The highest BCUT2D eigenvalue weighted by Gasteiger charge is 2.33. The highest BCUT2D eigenvalue weighted by molar-refractivity contribution is 5.97. The SMILES string of the molecule is Cc1nnc(C(=O)NC(C)(C)c2nc(C(=O)CCc3ccc(F)cc3)c(OCOC(=O)OC(C)C)c(=O)n2C)o1. The molecule has 3 rings (SSSR count). The number of rotatable bonds is 11. The van der Waals surface area contributed by atoms with Gasteiger partial charge in [-0.1, -0.05) is 12.1 Å². The number of hydrogen-bond donors (Lipinski definition) is 1. The van der Waals surface area contributed by atoms with E-state index < -0.39 is 53.4 Å². The molecule has 40 heavy (non-hydrogen) atoms. The Morgan fingerprint density at radius 3 is 2.42 bits per heavy atom. The zero-order valence-electron chi connectivity index (χ0n) is 22.9. The Balaban J connectivity index is 1.94. The van der Waals surface area contributed by atoms with Crippen molar-refractivity contribution in [1.29, 1.82) is 0 Å². The normalized spacial score (nSPS) is 11.3. The lowest BCUT2D eigenvalue weighted by atomic mass is 10.0. The second kappa shape index (κ2) is 12.5. The van der Waals surface area contributed by atoms with Crippen LogP contribution in [0.15, 0.2) is 33.5 Å². The third-order valence-electron chi connectivity index (χ3n) is 5.48. The summed E-state index contributed by atoms with van der Waals surface area (Å²) >= 11 is 0. The van der Waals surface area contributed by atoms with Gasteiger partial charge in [0.05, 0.1) is 11.6 Å². The minimum absolute atomic E-state index is 0.0136. The summed E-state index contributed by atoms with van der Waals surface area (Å²) in [6.45, 7) is 7.17. The number of amides is 1. The van der Waals surface area contributed by atoms with Gasteiger partial charge >= 0.3 is 18.0 Å². The summed E-state index contributed by atoms with van der Waals surface area (Å²) in [5, 5.41) is 9.97. The minimum atomic E-state index is -1.31. The third-order valence-corrected chi connectivity index (χ3v) is 5.48. The van der Waals surface area contributed by atoms with Gasteiger partial charge in [0, 0.05) is 20.4 Å². The fourth-order valence-electron chi connectivity index (χ4n) is 3.63. The zero-order chi connectivity index (χ0) is 29.6. The molecule has 1 amide bonds. The van der Waals surface area contributed by atoms with Gasteiger partial charge in [0.25, 0.3) is 5.56 Å². The maximum Gasteiger partial charge on any atom is 0.511 e. The fraction of sp³-hybridized carbons (Fsp3) is 0.423. The summed E-state index contributed by atoms with van der Waals surface area (Å²) in [6.07, 6.45) is -1.36. The Morgan fingerprint density at radius 2 is 1.82 bits per heavy atom. The van der Waals surface area contributed by atoms with Crippen molar-refractivity contribution in [3.8, 4) is 5.75 Å². The summed E-state index contributed by atoms with van der Waals surface area (Å²) in [6, 6.07) is 5.61. The number of ketones is 1. The lowest BCUT2D eigenvalue weighted by Gasteiger charge is -2.27. The van der Waals surface area contributed by atoms with Crippen LogP contribution < -0.4 is 15.6 Å². The Morgan fingerprint density at radius 1 is 1.15 bits per heavy atom. The van der Waals surface area contributed by atoms with E-state index >= 15 is 0 Å². The van der Waals surface area contributed by atoms with Crippen LogP contribution in [-0.2, 0) is 28.5 Å². The van der Waals surface area contributed by atoms with Gasteiger partial charge in [0.1, 0.15) is 11.6 Å². The largest absolute Gasteiger partial charge is 0.511 e. The molecule has 2 heterocycles. The molecule has 3 aromatic rings. The van der Waals surface area contributed by atoms with Crippen LogP contribution in [0.3, 0.4) is 0 Å². The number of nitrogens with one attached hydrogen (secondary N) is 1. The number of aromatic nitrogens is 4. The third kappa shape index (κ3) is 7.48. The summed E-state index contributed by atoms with van der Waals surface area (Å²) in [7, 11) is 1.38. The van der Waals surface area contributed by atoms with Gasteiger partial charge in [-0.05, 0) is 51.8 Å². The monoisotopic (exact) mass is 559 g/mol. The molecule has 1 N–H and O–H groups in total. The second-order valence-corrected chi connectivity index (χ2v) is 9.56. The predicted octanol–water partition coefficient (Wildman–Crippen LogP) is 2.99. The molecule has 0 aliphatic carbocycles. The van der Waals surface area contributed by atoms with E-state index in [0.29, 0.717) is 5.56 Å². The lowest BCUT2D eigenvalue weighted by molar-refractivity contribution is -0.00903. The molecule has 0 spiro atoms. The van der Waals surface area contributed by atoms with Gasteiger partial charge in [-0.25, -0.2) is 14.2 Å². The molecule has 0 bridgehead atoms. The van der Waals surface area contributed by atoms with Crippen molar-refractivity contribution in [3.05, 3.63) is 69.3 Å². The molecular formula is C26H30FN5O8.